The van der Waals surface area contributed by atoms with Gasteiger partial charge in [-0.05, 0) is 44.5 Å². The number of likely N-dealkylation sites (N-methyl/N-ethyl adjacent to an activating group) is 1. The molecular weight excluding hydrogens is 188 g/mol. The number of nitrogens with one attached hydrogen (secondary N) is 1. The van der Waals surface area contributed by atoms with E-state index in [1.807, 2.05) is 26.4 Å². The Morgan fingerprint density at radius 3 is 2.73 bits per heavy atom. The average Bonchev–Trinajstić information content (AvgIpc) is 2.31. The van der Waals surface area contributed by atoms with Gasteiger partial charge in [-0.1, -0.05) is 0 Å². The molecule has 0 radical (unpaired) electrons. The van der Waals surface area contributed by atoms with Gasteiger partial charge < -0.3 is 10.1 Å². The second-order valence-corrected chi connectivity index (χ2v) is 3.54. The fourth-order valence-corrected chi connectivity index (χ4v) is 1.46. The molecule has 0 amide bonds. The van der Waals surface area contributed by atoms with Crippen molar-refractivity contribution >= 4 is 0 Å². The van der Waals surface area contributed by atoms with Crippen molar-refractivity contribution in [1.29, 1.82) is 0 Å². The van der Waals surface area contributed by atoms with Gasteiger partial charge in [-0.25, -0.2) is 0 Å². The van der Waals surface area contributed by atoms with Crippen LogP contribution >= 0.6 is 0 Å². The molecule has 1 N–H and O–H groups in total. The minimum Gasteiger partial charge on any atom is -0.380 e. The maximum absolute atomic E-state index is 5.40. The molecule has 1 aromatic heterocycles. The van der Waals surface area contributed by atoms with Gasteiger partial charge in [-0.2, -0.15) is 0 Å². The Labute approximate surface area is 91.9 Å². The maximum atomic E-state index is 5.40. The number of hydrogen-bond acceptors (Lipinski definition) is 3. The van der Waals surface area contributed by atoms with Gasteiger partial charge in [0.05, 0.1) is 6.61 Å². The normalized spacial score (nSPS) is 12.7. The lowest BCUT2D eigenvalue weighted by molar-refractivity contribution is 0.122. The highest BCUT2D eigenvalue weighted by Gasteiger charge is 2.05. The second kappa shape index (κ2) is 7.37. The van der Waals surface area contributed by atoms with Gasteiger partial charge >= 0.3 is 0 Å². The van der Waals surface area contributed by atoms with Crippen LogP contribution in [0.5, 0.6) is 0 Å². The topological polar surface area (TPSA) is 34.1 Å². The van der Waals surface area contributed by atoms with Gasteiger partial charge in [-0.3, -0.25) is 4.98 Å². The third-order valence-electron chi connectivity index (χ3n) is 2.46. The molecule has 0 aliphatic carbocycles. The molecule has 1 atom stereocenters. The molecule has 1 heterocycles. The van der Waals surface area contributed by atoms with Crippen LogP contribution in [0.1, 0.15) is 18.9 Å². The number of rotatable bonds is 7. The van der Waals surface area contributed by atoms with Gasteiger partial charge in [0.2, 0.25) is 0 Å². The summed E-state index contributed by atoms with van der Waals surface area (Å²) in [6.07, 6.45) is 5.85. The van der Waals surface area contributed by atoms with Crippen LogP contribution in [0, 0.1) is 0 Å². The largest absolute Gasteiger partial charge is 0.380 e. The van der Waals surface area contributed by atoms with Gasteiger partial charge in [0, 0.05) is 25.0 Å². The summed E-state index contributed by atoms with van der Waals surface area (Å²) in [7, 11) is 1.98. The smallest absolute Gasteiger partial charge is 0.0619 e. The van der Waals surface area contributed by atoms with E-state index in [9.17, 15) is 0 Å². The summed E-state index contributed by atoms with van der Waals surface area (Å²) in [6, 6.07) is 4.57. The van der Waals surface area contributed by atoms with Gasteiger partial charge in [0.25, 0.3) is 0 Å². The van der Waals surface area contributed by atoms with Gasteiger partial charge in [-0.15, -0.1) is 0 Å². The van der Waals surface area contributed by atoms with E-state index in [4.69, 9.17) is 4.74 Å². The molecule has 1 aromatic rings. The zero-order chi connectivity index (χ0) is 10.9. The summed E-state index contributed by atoms with van der Waals surface area (Å²) in [5.74, 6) is 0. The second-order valence-electron chi connectivity index (χ2n) is 3.54. The highest BCUT2D eigenvalue weighted by molar-refractivity contribution is 5.09. The number of hydrogen-bond donors (Lipinski definition) is 1. The SMILES string of the molecule is CCOCC(CCc1ccncc1)NC. The Morgan fingerprint density at radius 1 is 1.40 bits per heavy atom. The third kappa shape index (κ3) is 4.91. The fourth-order valence-electron chi connectivity index (χ4n) is 1.46. The van der Waals surface area contributed by atoms with E-state index < -0.39 is 0 Å². The zero-order valence-electron chi connectivity index (χ0n) is 9.57. The first kappa shape index (κ1) is 12.1. The van der Waals surface area contributed by atoms with Crippen LogP contribution in [-0.4, -0.2) is 31.3 Å². The molecule has 0 fully saturated rings. The molecule has 0 bridgehead atoms. The monoisotopic (exact) mass is 208 g/mol. The summed E-state index contributed by atoms with van der Waals surface area (Å²) >= 11 is 0. The summed E-state index contributed by atoms with van der Waals surface area (Å²) in [5.41, 5.74) is 1.33. The number of pyridine rings is 1. The summed E-state index contributed by atoms with van der Waals surface area (Å²) in [5, 5.41) is 3.27. The molecule has 0 aromatic carbocycles. The molecule has 0 aliphatic heterocycles. The van der Waals surface area contributed by atoms with Crippen molar-refractivity contribution < 1.29 is 4.74 Å². The van der Waals surface area contributed by atoms with Crippen LogP contribution in [0.4, 0.5) is 0 Å². The average molecular weight is 208 g/mol. The zero-order valence-corrected chi connectivity index (χ0v) is 9.57. The molecule has 84 valence electrons. The molecule has 15 heavy (non-hydrogen) atoms. The number of aromatic nitrogens is 1. The molecule has 0 spiro atoms. The Kier molecular flexibility index (Phi) is 5.97. The van der Waals surface area contributed by atoms with Crippen molar-refractivity contribution in [2.24, 2.45) is 0 Å². The first-order valence-electron chi connectivity index (χ1n) is 5.50. The minimum atomic E-state index is 0.443. The summed E-state index contributed by atoms with van der Waals surface area (Å²) in [4.78, 5) is 4.00. The first-order chi connectivity index (χ1) is 7.36. The van der Waals surface area contributed by atoms with Crippen LogP contribution < -0.4 is 5.32 Å². The molecule has 0 saturated heterocycles. The van der Waals surface area contributed by atoms with Gasteiger partial charge in [0.15, 0.2) is 0 Å². The van der Waals surface area contributed by atoms with Crippen LogP contribution in [0.2, 0.25) is 0 Å². The van der Waals surface area contributed by atoms with Crippen molar-refractivity contribution in [2.75, 3.05) is 20.3 Å². The Bertz CT molecular complexity index is 251. The van der Waals surface area contributed by atoms with Crippen molar-refractivity contribution in [2.45, 2.75) is 25.8 Å². The van der Waals surface area contributed by atoms with E-state index in [1.54, 1.807) is 0 Å². The van der Waals surface area contributed by atoms with Crippen LogP contribution in [0.25, 0.3) is 0 Å². The van der Waals surface area contributed by atoms with E-state index in [0.717, 1.165) is 26.1 Å². The first-order valence-corrected chi connectivity index (χ1v) is 5.50. The van der Waals surface area contributed by atoms with Crippen molar-refractivity contribution in [3.05, 3.63) is 30.1 Å². The molecule has 3 nitrogen and oxygen atoms in total. The fraction of sp³-hybridized carbons (Fsp3) is 0.583. The standard InChI is InChI=1S/C12H20N2O/c1-3-15-10-12(13-2)5-4-11-6-8-14-9-7-11/h6-9,12-13H,3-5,10H2,1-2H3. The molecule has 0 aliphatic rings. The quantitative estimate of drug-likeness (QED) is 0.739. The highest BCUT2D eigenvalue weighted by Crippen LogP contribution is 2.04. The number of nitrogens with zero attached hydrogens (tertiary/aromatic N) is 1. The van der Waals surface area contributed by atoms with E-state index >= 15 is 0 Å². The van der Waals surface area contributed by atoms with E-state index in [-0.39, 0.29) is 0 Å². The lowest BCUT2D eigenvalue weighted by atomic mass is 10.1. The summed E-state index contributed by atoms with van der Waals surface area (Å²) in [6.45, 7) is 3.60. The molecule has 3 heteroatoms. The van der Waals surface area contributed by atoms with Crippen molar-refractivity contribution in [3.8, 4) is 0 Å². The maximum Gasteiger partial charge on any atom is 0.0619 e. The Balaban J connectivity index is 2.28. The molecule has 0 saturated carbocycles. The van der Waals surface area contributed by atoms with Crippen molar-refractivity contribution in [3.63, 3.8) is 0 Å². The number of aryl methyl sites for hydroxylation is 1. The van der Waals surface area contributed by atoms with E-state index in [1.165, 1.54) is 5.56 Å². The van der Waals surface area contributed by atoms with Crippen LogP contribution in [0.3, 0.4) is 0 Å². The molecule has 1 rings (SSSR count). The minimum absolute atomic E-state index is 0.443. The predicted octanol–water partition coefficient (Wildman–Crippen LogP) is 1.64. The van der Waals surface area contributed by atoms with E-state index in [0.29, 0.717) is 6.04 Å². The van der Waals surface area contributed by atoms with Crippen LogP contribution in [0.15, 0.2) is 24.5 Å². The highest BCUT2D eigenvalue weighted by atomic mass is 16.5. The van der Waals surface area contributed by atoms with Crippen LogP contribution in [-0.2, 0) is 11.2 Å². The van der Waals surface area contributed by atoms with E-state index in [2.05, 4.69) is 22.4 Å². The number of ether oxygens (including phenoxy) is 1. The molecule has 1 unspecified atom stereocenters. The Hall–Kier alpha value is -0.930. The summed E-state index contributed by atoms with van der Waals surface area (Å²) < 4.78 is 5.40. The van der Waals surface area contributed by atoms with Gasteiger partial charge in [0.1, 0.15) is 0 Å². The lowest BCUT2D eigenvalue weighted by Crippen LogP contribution is -2.30. The lowest BCUT2D eigenvalue weighted by Gasteiger charge is -2.15. The molecular formula is C12H20N2O. The third-order valence-corrected chi connectivity index (χ3v) is 2.46. The predicted molar refractivity (Wildman–Crippen MR) is 61.9 cm³/mol. The van der Waals surface area contributed by atoms with Crippen molar-refractivity contribution in [1.82, 2.24) is 10.3 Å². The Morgan fingerprint density at radius 2 is 2.13 bits per heavy atom.